The zero-order chi connectivity index (χ0) is 15.7. The number of carbonyl (C=O) groups is 1. The maximum atomic E-state index is 12.6. The van der Waals surface area contributed by atoms with Gasteiger partial charge in [-0.15, -0.1) is 0 Å². The summed E-state index contributed by atoms with van der Waals surface area (Å²) in [6.07, 6.45) is 7.15. The lowest BCUT2D eigenvalue weighted by Crippen LogP contribution is -2.47. The molecule has 0 aromatic carbocycles. The third kappa shape index (κ3) is 2.90. The average molecular weight is 318 g/mol. The Morgan fingerprint density at radius 3 is 2.30 bits per heavy atom. The molecule has 7 nitrogen and oxygen atoms in total. The van der Waals surface area contributed by atoms with Gasteiger partial charge in [-0.2, -0.15) is 0 Å². The van der Waals surface area contributed by atoms with E-state index in [1.54, 1.807) is 12.4 Å². The van der Waals surface area contributed by atoms with E-state index in [1.807, 2.05) is 4.90 Å². The van der Waals surface area contributed by atoms with E-state index in [0.29, 0.717) is 32.0 Å². The Morgan fingerprint density at radius 1 is 1.00 bits per heavy atom. The van der Waals surface area contributed by atoms with Crippen LogP contribution in [0.15, 0.2) is 12.4 Å². The molecule has 1 spiro atoms. The van der Waals surface area contributed by atoms with E-state index in [0.717, 1.165) is 31.7 Å². The number of aromatic nitrogens is 2. The number of carbonyl (C=O) groups excluding carboxylic acids is 1. The molecule has 124 valence electrons. The van der Waals surface area contributed by atoms with Gasteiger partial charge in [0.25, 0.3) is 5.91 Å². The lowest BCUT2D eigenvalue weighted by atomic mass is 10.0. The summed E-state index contributed by atoms with van der Waals surface area (Å²) >= 11 is 0. The van der Waals surface area contributed by atoms with Crippen molar-refractivity contribution in [3.8, 4) is 0 Å². The van der Waals surface area contributed by atoms with Gasteiger partial charge in [-0.05, 0) is 12.8 Å². The van der Waals surface area contributed by atoms with E-state index in [1.165, 1.54) is 12.8 Å². The number of rotatable bonds is 2. The van der Waals surface area contributed by atoms with Gasteiger partial charge in [0.2, 0.25) is 0 Å². The number of amides is 1. The predicted molar refractivity (Wildman–Crippen MR) is 83.3 cm³/mol. The first-order valence-corrected chi connectivity index (χ1v) is 8.40. The van der Waals surface area contributed by atoms with Gasteiger partial charge in [-0.25, -0.2) is 9.97 Å². The number of hydrogen-bond donors (Lipinski definition) is 0. The van der Waals surface area contributed by atoms with Crippen LogP contribution < -0.4 is 4.90 Å². The summed E-state index contributed by atoms with van der Waals surface area (Å²) in [5.41, 5.74) is 0.414. The molecule has 0 radical (unpaired) electrons. The van der Waals surface area contributed by atoms with Crippen LogP contribution in [0.1, 0.15) is 36.2 Å². The molecule has 3 aliphatic heterocycles. The van der Waals surface area contributed by atoms with Crippen molar-refractivity contribution in [1.29, 1.82) is 0 Å². The van der Waals surface area contributed by atoms with Crippen LogP contribution in [-0.2, 0) is 9.47 Å². The minimum Gasteiger partial charge on any atom is -0.355 e. The van der Waals surface area contributed by atoms with Gasteiger partial charge in [-0.1, -0.05) is 0 Å². The van der Waals surface area contributed by atoms with Crippen molar-refractivity contribution in [2.45, 2.75) is 31.5 Å². The highest BCUT2D eigenvalue weighted by Crippen LogP contribution is 2.31. The van der Waals surface area contributed by atoms with E-state index in [-0.39, 0.29) is 5.91 Å². The van der Waals surface area contributed by atoms with Crippen molar-refractivity contribution in [2.24, 2.45) is 0 Å². The lowest BCUT2D eigenvalue weighted by molar-refractivity contribution is -0.181. The predicted octanol–water partition coefficient (Wildman–Crippen LogP) is 1.06. The molecule has 7 heteroatoms. The number of nitrogens with zero attached hydrogens (tertiary/aromatic N) is 4. The van der Waals surface area contributed by atoms with Crippen LogP contribution in [0.3, 0.4) is 0 Å². The Balaban J connectivity index is 1.39. The second kappa shape index (κ2) is 6.05. The molecule has 1 amide bonds. The fourth-order valence-corrected chi connectivity index (χ4v) is 3.54. The Kier molecular flexibility index (Phi) is 3.90. The molecule has 0 unspecified atom stereocenters. The number of ether oxygens (including phenoxy) is 2. The Morgan fingerprint density at radius 2 is 1.70 bits per heavy atom. The average Bonchev–Trinajstić information content (AvgIpc) is 3.28. The fourth-order valence-electron chi connectivity index (χ4n) is 3.54. The topological polar surface area (TPSA) is 67.8 Å². The molecule has 4 heterocycles. The standard InChI is InChI=1S/C16H22N4O3/c21-15(20-7-3-16(4-8-20)22-9-10-23-16)13-11-18-14(12-17-13)19-5-1-2-6-19/h11-12H,1-10H2. The molecular weight excluding hydrogens is 296 g/mol. The summed E-state index contributed by atoms with van der Waals surface area (Å²) in [6.45, 7) is 4.61. The Hall–Kier alpha value is -1.73. The van der Waals surface area contributed by atoms with E-state index in [9.17, 15) is 4.79 Å². The quantitative estimate of drug-likeness (QED) is 0.812. The molecule has 0 N–H and O–H groups in total. The van der Waals surface area contributed by atoms with E-state index >= 15 is 0 Å². The van der Waals surface area contributed by atoms with Crippen molar-refractivity contribution < 1.29 is 14.3 Å². The maximum absolute atomic E-state index is 12.6. The SMILES string of the molecule is O=C(c1cnc(N2CCCC2)cn1)N1CCC2(CC1)OCCO2. The first-order chi connectivity index (χ1) is 11.3. The minimum absolute atomic E-state index is 0.0571. The van der Waals surface area contributed by atoms with Crippen molar-refractivity contribution in [3.05, 3.63) is 18.1 Å². The summed E-state index contributed by atoms with van der Waals surface area (Å²) in [5, 5.41) is 0. The fraction of sp³-hybridized carbons (Fsp3) is 0.688. The van der Waals surface area contributed by atoms with Crippen LogP contribution in [0.25, 0.3) is 0 Å². The Bertz CT molecular complexity index is 555. The third-order valence-electron chi connectivity index (χ3n) is 4.91. The molecule has 1 aromatic heterocycles. The zero-order valence-corrected chi connectivity index (χ0v) is 13.2. The van der Waals surface area contributed by atoms with Gasteiger partial charge in [-0.3, -0.25) is 4.79 Å². The van der Waals surface area contributed by atoms with Crippen LogP contribution in [0.4, 0.5) is 5.82 Å². The van der Waals surface area contributed by atoms with Crippen LogP contribution in [0, 0.1) is 0 Å². The molecule has 0 bridgehead atoms. The first kappa shape index (κ1) is 14.8. The minimum atomic E-state index is -0.456. The summed E-state index contributed by atoms with van der Waals surface area (Å²) in [4.78, 5) is 25.3. The van der Waals surface area contributed by atoms with E-state index in [2.05, 4.69) is 14.9 Å². The molecule has 3 saturated heterocycles. The summed E-state index contributed by atoms with van der Waals surface area (Å²) in [6, 6.07) is 0. The zero-order valence-electron chi connectivity index (χ0n) is 13.2. The molecule has 4 rings (SSSR count). The van der Waals surface area contributed by atoms with Gasteiger partial charge in [0, 0.05) is 39.0 Å². The van der Waals surface area contributed by atoms with Crippen LogP contribution in [-0.4, -0.2) is 66.0 Å². The second-order valence-electron chi connectivity index (χ2n) is 6.35. The van der Waals surface area contributed by atoms with Crippen molar-refractivity contribution in [3.63, 3.8) is 0 Å². The van der Waals surface area contributed by atoms with Crippen LogP contribution in [0.5, 0.6) is 0 Å². The molecule has 0 saturated carbocycles. The highest BCUT2D eigenvalue weighted by molar-refractivity contribution is 5.92. The number of piperidine rings is 1. The van der Waals surface area contributed by atoms with Gasteiger partial charge >= 0.3 is 0 Å². The summed E-state index contributed by atoms with van der Waals surface area (Å²) in [7, 11) is 0. The van der Waals surface area contributed by atoms with Crippen LogP contribution in [0.2, 0.25) is 0 Å². The summed E-state index contributed by atoms with van der Waals surface area (Å²) in [5.74, 6) is 0.352. The van der Waals surface area contributed by atoms with Crippen molar-refractivity contribution >= 4 is 11.7 Å². The lowest BCUT2D eigenvalue weighted by Gasteiger charge is -2.37. The number of anilines is 1. The molecule has 23 heavy (non-hydrogen) atoms. The number of likely N-dealkylation sites (tertiary alicyclic amines) is 1. The normalized spacial score (nSPS) is 23.7. The molecule has 3 aliphatic rings. The van der Waals surface area contributed by atoms with Gasteiger partial charge < -0.3 is 19.3 Å². The van der Waals surface area contributed by atoms with Crippen molar-refractivity contribution in [2.75, 3.05) is 44.3 Å². The molecular formula is C16H22N4O3. The van der Waals surface area contributed by atoms with Gasteiger partial charge in [0.05, 0.1) is 25.6 Å². The maximum Gasteiger partial charge on any atom is 0.274 e. The largest absolute Gasteiger partial charge is 0.355 e. The van der Waals surface area contributed by atoms with E-state index < -0.39 is 5.79 Å². The monoisotopic (exact) mass is 318 g/mol. The third-order valence-corrected chi connectivity index (χ3v) is 4.91. The highest BCUT2D eigenvalue weighted by Gasteiger charge is 2.41. The molecule has 1 aromatic rings. The Labute approximate surface area is 135 Å². The smallest absolute Gasteiger partial charge is 0.274 e. The molecule has 3 fully saturated rings. The molecule has 0 aliphatic carbocycles. The first-order valence-electron chi connectivity index (χ1n) is 8.40. The molecule has 0 atom stereocenters. The highest BCUT2D eigenvalue weighted by atomic mass is 16.7. The van der Waals surface area contributed by atoms with Crippen LogP contribution >= 0.6 is 0 Å². The van der Waals surface area contributed by atoms with Crippen molar-refractivity contribution in [1.82, 2.24) is 14.9 Å². The second-order valence-corrected chi connectivity index (χ2v) is 6.35. The number of hydrogen-bond acceptors (Lipinski definition) is 6. The summed E-state index contributed by atoms with van der Waals surface area (Å²) < 4.78 is 11.4. The van der Waals surface area contributed by atoms with Gasteiger partial charge in [0.1, 0.15) is 11.5 Å². The van der Waals surface area contributed by atoms with E-state index in [4.69, 9.17) is 9.47 Å². The van der Waals surface area contributed by atoms with Gasteiger partial charge in [0.15, 0.2) is 5.79 Å².